The summed E-state index contributed by atoms with van der Waals surface area (Å²) in [5.41, 5.74) is 0.667. The zero-order valence-electron chi connectivity index (χ0n) is 12.4. The first kappa shape index (κ1) is 14.5. The molecule has 2 aromatic rings. The summed E-state index contributed by atoms with van der Waals surface area (Å²) in [4.78, 5) is 6.39. The van der Waals surface area contributed by atoms with Gasteiger partial charge in [0, 0.05) is 17.6 Å². The molecule has 0 aliphatic heterocycles. The van der Waals surface area contributed by atoms with Crippen molar-refractivity contribution in [2.75, 3.05) is 11.4 Å². The maximum Gasteiger partial charge on any atom is 0.246 e. The van der Waals surface area contributed by atoms with Crippen LogP contribution in [0.1, 0.15) is 39.4 Å². The fourth-order valence-corrected chi connectivity index (χ4v) is 1.85. The molecule has 0 bridgehead atoms. The number of hydrogen-bond donors (Lipinski definition) is 0. The smallest absolute Gasteiger partial charge is 0.246 e. The van der Waals surface area contributed by atoms with Gasteiger partial charge in [0.15, 0.2) is 5.82 Å². The molecule has 1 heterocycles. The normalized spacial score (nSPS) is 11.7. The van der Waals surface area contributed by atoms with E-state index < -0.39 is 0 Å². The maximum atomic E-state index is 13.3. The Morgan fingerprint density at radius 3 is 2.60 bits per heavy atom. The van der Waals surface area contributed by atoms with Gasteiger partial charge in [0.25, 0.3) is 0 Å². The molecule has 0 amide bonds. The van der Waals surface area contributed by atoms with Gasteiger partial charge in [-0.1, -0.05) is 32.0 Å². The molecule has 0 aliphatic carbocycles. The summed E-state index contributed by atoms with van der Waals surface area (Å²) in [7, 11) is 0. The standard InChI is InChI=1S/C15H20FN3O/c1-5-19(12-8-6-7-11(16)9-12)10-13-17-14(18-20-13)15(2,3)4/h6-9H,5,10H2,1-4H3. The van der Waals surface area contributed by atoms with Crippen LogP contribution in [-0.2, 0) is 12.0 Å². The first-order valence-electron chi connectivity index (χ1n) is 6.73. The van der Waals surface area contributed by atoms with Gasteiger partial charge in [-0.2, -0.15) is 4.98 Å². The van der Waals surface area contributed by atoms with Crippen LogP contribution in [0.4, 0.5) is 10.1 Å². The molecule has 4 nitrogen and oxygen atoms in total. The fourth-order valence-electron chi connectivity index (χ4n) is 1.85. The third kappa shape index (κ3) is 3.35. The van der Waals surface area contributed by atoms with E-state index in [1.165, 1.54) is 12.1 Å². The van der Waals surface area contributed by atoms with Crippen molar-refractivity contribution in [1.82, 2.24) is 10.1 Å². The lowest BCUT2D eigenvalue weighted by Gasteiger charge is -2.21. The van der Waals surface area contributed by atoms with Gasteiger partial charge in [0.2, 0.25) is 5.89 Å². The van der Waals surface area contributed by atoms with Gasteiger partial charge >= 0.3 is 0 Å². The lowest BCUT2D eigenvalue weighted by Crippen LogP contribution is -2.22. The van der Waals surface area contributed by atoms with Crippen LogP contribution in [-0.4, -0.2) is 16.7 Å². The average Bonchev–Trinajstić information content (AvgIpc) is 2.84. The van der Waals surface area contributed by atoms with Crippen LogP contribution in [0.3, 0.4) is 0 Å². The van der Waals surface area contributed by atoms with E-state index in [1.807, 2.05) is 38.7 Å². The van der Waals surface area contributed by atoms with E-state index in [2.05, 4.69) is 10.1 Å². The average molecular weight is 277 g/mol. The SMILES string of the molecule is CCN(Cc1nc(C(C)(C)C)no1)c1cccc(F)c1. The quantitative estimate of drug-likeness (QED) is 0.857. The molecule has 0 saturated carbocycles. The Kier molecular flexibility index (Phi) is 4.06. The van der Waals surface area contributed by atoms with E-state index in [-0.39, 0.29) is 11.2 Å². The van der Waals surface area contributed by atoms with Crippen LogP contribution in [0.25, 0.3) is 0 Å². The molecule has 1 aromatic heterocycles. The van der Waals surface area contributed by atoms with Gasteiger partial charge in [-0.15, -0.1) is 0 Å². The Morgan fingerprint density at radius 1 is 1.30 bits per heavy atom. The second kappa shape index (κ2) is 5.61. The highest BCUT2D eigenvalue weighted by atomic mass is 19.1. The molecule has 0 aliphatic rings. The summed E-state index contributed by atoms with van der Waals surface area (Å²) in [6.45, 7) is 9.31. The third-order valence-electron chi connectivity index (χ3n) is 3.02. The van der Waals surface area contributed by atoms with Crippen LogP contribution in [0.5, 0.6) is 0 Å². The number of nitrogens with zero attached hydrogens (tertiary/aromatic N) is 3. The number of anilines is 1. The maximum absolute atomic E-state index is 13.3. The Hall–Kier alpha value is -1.91. The molecule has 0 spiro atoms. The molecular formula is C15H20FN3O. The van der Waals surface area contributed by atoms with Crippen molar-refractivity contribution in [3.63, 3.8) is 0 Å². The molecule has 0 fully saturated rings. The first-order chi connectivity index (χ1) is 9.40. The van der Waals surface area contributed by atoms with E-state index in [4.69, 9.17) is 4.52 Å². The number of hydrogen-bond acceptors (Lipinski definition) is 4. The Morgan fingerprint density at radius 2 is 2.05 bits per heavy atom. The van der Waals surface area contributed by atoms with Gasteiger partial charge in [0.05, 0.1) is 6.54 Å². The van der Waals surface area contributed by atoms with Gasteiger partial charge in [-0.3, -0.25) is 0 Å². The zero-order valence-corrected chi connectivity index (χ0v) is 12.4. The Balaban J connectivity index is 2.16. The monoisotopic (exact) mass is 277 g/mol. The zero-order chi connectivity index (χ0) is 14.8. The second-order valence-corrected chi connectivity index (χ2v) is 5.76. The molecule has 0 saturated heterocycles. The number of halogens is 1. The Bertz CT molecular complexity index is 574. The first-order valence-corrected chi connectivity index (χ1v) is 6.73. The minimum Gasteiger partial charge on any atom is -0.362 e. The molecular weight excluding hydrogens is 257 g/mol. The predicted octanol–water partition coefficient (Wildman–Crippen LogP) is 3.53. The summed E-state index contributed by atoms with van der Waals surface area (Å²) in [6.07, 6.45) is 0. The number of benzene rings is 1. The highest BCUT2D eigenvalue weighted by molar-refractivity contribution is 5.46. The summed E-state index contributed by atoms with van der Waals surface area (Å²) >= 11 is 0. The third-order valence-corrected chi connectivity index (χ3v) is 3.02. The molecule has 2 rings (SSSR count). The highest BCUT2D eigenvalue weighted by Gasteiger charge is 2.21. The lowest BCUT2D eigenvalue weighted by atomic mass is 9.96. The van der Waals surface area contributed by atoms with E-state index in [0.717, 1.165) is 12.2 Å². The molecule has 5 heteroatoms. The predicted molar refractivity (Wildman–Crippen MR) is 76.1 cm³/mol. The highest BCUT2D eigenvalue weighted by Crippen LogP contribution is 2.21. The van der Waals surface area contributed by atoms with E-state index in [1.54, 1.807) is 6.07 Å². The van der Waals surface area contributed by atoms with Crippen molar-refractivity contribution in [2.24, 2.45) is 0 Å². The van der Waals surface area contributed by atoms with Crippen LogP contribution in [0.2, 0.25) is 0 Å². The van der Waals surface area contributed by atoms with Gasteiger partial charge in [-0.25, -0.2) is 4.39 Å². The topological polar surface area (TPSA) is 42.2 Å². The second-order valence-electron chi connectivity index (χ2n) is 5.76. The van der Waals surface area contributed by atoms with E-state index in [9.17, 15) is 4.39 Å². The molecule has 0 unspecified atom stereocenters. The van der Waals surface area contributed by atoms with Crippen molar-refractivity contribution in [2.45, 2.75) is 39.7 Å². The van der Waals surface area contributed by atoms with Crippen molar-refractivity contribution in [3.8, 4) is 0 Å². The molecule has 0 atom stereocenters. The van der Waals surface area contributed by atoms with Crippen molar-refractivity contribution in [3.05, 3.63) is 41.8 Å². The van der Waals surface area contributed by atoms with Crippen LogP contribution < -0.4 is 4.90 Å². The lowest BCUT2D eigenvalue weighted by molar-refractivity contribution is 0.361. The number of aromatic nitrogens is 2. The summed E-state index contributed by atoms with van der Waals surface area (Å²) in [5, 5.41) is 4.00. The van der Waals surface area contributed by atoms with Crippen LogP contribution in [0, 0.1) is 5.82 Å². The van der Waals surface area contributed by atoms with Gasteiger partial charge in [0.1, 0.15) is 5.82 Å². The number of rotatable bonds is 4. The Labute approximate surface area is 118 Å². The summed E-state index contributed by atoms with van der Waals surface area (Å²) < 4.78 is 18.6. The van der Waals surface area contributed by atoms with Crippen LogP contribution >= 0.6 is 0 Å². The van der Waals surface area contributed by atoms with Gasteiger partial charge < -0.3 is 9.42 Å². The molecule has 1 aromatic carbocycles. The van der Waals surface area contributed by atoms with Crippen molar-refractivity contribution >= 4 is 5.69 Å². The molecule has 0 N–H and O–H groups in total. The van der Waals surface area contributed by atoms with Crippen molar-refractivity contribution < 1.29 is 8.91 Å². The minimum atomic E-state index is -0.248. The van der Waals surface area contributed by atoms with Crippen molar-refractivity contribution in [1.29, 1.82) is 0 Å². The van der Waals surface area contributed by atoms with E-state index >= 15 is 0 Å². The molecule has 0 radical (unpaired) electrons. The fraction of sp³-hybridized carbons (Fsp3) is 0.467. The summed E-state index contributed by atoms with van der Waals surface area (Å²) in [6, 6.07) is 6.50. The molecule has 108 valence electrons. The van der Waals surface area contributed by atoms with Gasteiger partial charge in [-0.05, 0) is 25.1 Å². The minimum absolute atomic E-state index is 0.141. The van der Waals surface area contributed by atoms with E-state index in [0.29, 0.717) is 18.3 Å². The molecule has 20 heavy (non-hydrogen) atoms. The van der Waals surface area contributed by atoms with Crippen LogP contribution in [0.15, 0.2) is 28.8 Å². The largest absolute Gasteiger partial charge is 0.362 e. The summed E-state index contributed by atoms with van der Waals surface area (Å²) in [5.74, 6) is 0.977.